The Bertz CT molecular complexity index is 387. The Balaban J connectivity index is 2.73. The zero-order valence-electron chi connectivity index (χ0n) is 13.8. The number of aromatic nitrogens is 2. The van der Waals surface area contributed by atoms with Gasteiger partial charge in [-0.25, -0.2) is 4.98 Å². The molecule has 1 N–H and O–H groups in total. The second-order valence-electron chi connectivity index (χ2n) is 6.00. The van der Waals surface area contributed by atoms with Crippen LogP contribution < -0.4 is 5.32 Å². The van der Waals surface area contributed by atoms with Crippen molar-refractivity contribution in [1.82, 2.24) is 14.5 Å². The number of nitrogens with zero attached hydrogens (tertiary/aromatic N) is 3. The summed E-state index contributed by atoms with van der Waals surface area (Å²) in [5.41, 5.74) is 1.05. The molecule has 0 aromatic carbocycles. The fraction of sp³-hybridized carbons (Fsp3) is 0.800. The van der Waals surface area contributed by atoms with Crippen LogP contribution in [0.2, 0.25) is 0 Å². The summed E-state index contributed by atoms with van der Waals surface area (Å²) in [5, 5.41) is 3.60. The monoisotopic (exact) mass is 282 g/mol. The summed E-state index contributed by atoms with van der Waals surface area (Å²) in [6, 6.07) is 0.396. The maximum absolute atomic E-state index is 5.12. The summed E-state index contributed by atoms with van der Waals surface area (Å²) in [5.74, 6) is 1.53. The van der Waals surface area contributed by atoms with Gasteiger partial charge in [-0.05, 0) is 33.4 Å². The summed E-state index contributed by atoms with van der Waals surface area (Å²) in [7, 11) is 5.95. The SMILES string of the molecule is COCCCn1cc(C)nc1NC(CN(C)C)C(C)C. The minimum absolute atomic E-state index is 0.396. The first-order chi connectivity index (χ1) is 9.43. The van der Waals surface area contributed by atoms with Gasteiger partial charge in [0.1, 0.15) is 0 Å². The Morgan fingerprint density at radius 2 is 2.10 bits per heavy atom. The Labute approximate surface area is 123 Å². The lowest BCUT2D eigenvalue weighted by Gasteiger charge is -2.26. The van der Waals surface area contributed by atoms with Crippen molar-refractivity contribution in [3.8, 4) is 0 Å². The highest BCUT2D eigenvalue weighted by Crippen LogP contribution is 2.14. The molecule has 0 radical (unpaired) electrons. The number of nitrogens with one attached hydrogen (secondary N) is 1. The van der Waals surface area contributed by atoms with Crippen molar-refractivity contribution < 1.29 is 4.74 Å². The highest BCUT2D eigenvalue weighted by molar-refractivity contribution is 5.30. The van der Waals surface area contributed by atoms with E-state index in [0.29, 0.717) is 12.0 Å². The normalized spacial score (nSPS) is 13.2. The third-order valence-electron chi connectivity index (χ3n) is 3.33. The molecule has 1 aromatic rings. The van der Waals surface area contributed by atoms with E-state index in [2.05, 4.69) is 53.9 Å². The largest absolute Gasteiger partial charge is 0.385 e. The van der Waals surface area contributed by atoms with E-state index in [-0.39, 0.29) is 0 Å². The minimum atomic E-state index is 0.396. The summed E-state index contributed by atoms with van der Waals surface area (Å²) in [6.45, 7) is 9.24. The standard InChI is InChI=1S/C15H30N4O/c1-12(2)14(11-18(4)5)17-15-16-13(3)10-19(15)8-7-9-20-6/h10,12,14H,7-9,11H2,1-6H3,(H,16,17). The molecule has 0 fully saturated rings. The molecule has 1 unspecified atom stereocenters. The number of methoxy groups -OCH3 is 1. The van der Waals surface area contributed by atoms with E-state index in [1.54, 1.807) is 7.11 Å². The van der Waals surface area contributed by atoms with Crippen LogP contribution in [0.3, 0.4) is 0 Å². The Hall–Kier alpha value is -1.07. The van der Waals surface area contributed by atoms with Gasteiger partial charge >= 0.3 is 0 Å². The van der Waals surface area contributed by atoms with E-state index in [4.69, 9.17) is 4.74 Å². The average Bonchev–Trinajstić information content (AvgIpc) is 2.68. The quantitative estimate of drug-likeness (QED) is 0.705. The van der Waals surface area contributed by atoms with Crippen LogP contribution in [0.5, 0.6) is 0 Å². The molecule has 1 aromatic heterocycles. The average molecular weight is 282 g/mol. The van der Waals surface area contributed by atoms with E-state index < -0.39 is 0 Å². The predicted molar refractivity (Wildman–Crippen MR) is 84.3 cm³/mol. The number of ether oxygens (including phenoxy) is 1. The molecule has 20 heavy (non-hydrogen) atoms. The number of aryl methyl sites for hydroxylation is 2. The smallest absolute Gasteiger partial charge is 0.203 e. The second kappa shape index (κ2) is 8.27. The highest BCUT2D eigenvalue weighted by Gasteiger charge is 2.17. The van der Waals surface area contributed by atoms with Gasteiger partial charge in [0, 0.05) is 39.0 Å². The number of hydrogen-bond donors (Lipinski definition) is 1. The van der Waals surface area contributed by atoms with Gasteiger partial charge in [0.05, 0.1) is 5.69 Å². The molecule has 1 heterocycles. The molecule has 116 valence electrons. The van der Waals surface area contributed by atoms with E-state index >= 15 is 0 Å². The summed E-state index contributed by atoms with van der Waals surface area (Å²) in [4.78, 5) is 6.82. The van der Waals surface area contributed by atoms with E-state index in [9.17, 15) is 0 Å². The van der Waals surface area contributed by atoms with Gasteiger partial charge in [-0.3, -0.25) is 0 Å². The lowest BCUT2D eigenvalue weighted by molar-refractivity contribution is 0.190. The molecule has 0 aliphatic carbocycles. The minimum Gasteiger partial charge on any atom is -0.385 e. The zero-order valence-corrected chi connectivity index (χ0v) is 13.8. The van der Waals surface area contributed by atoms with Crippen LogP contribution in [0.4, 0.5) is 5.95 Å². The van der Waals surface area contributed by atoms with Gasteiger partial charge in [0.2, 0.25) is 5.95 Å². The molecule has 1 rings (SSSR count). The van der Waals surface area contributed by atoms with Gasteiger partial charge in [-0.15, -0.1) is 0 Å². The summed E-state index contributed by atoms with van der Waals surface area (Å²) >= 11 is 0. The first-order valence-corrected chi connectivity index (χ1v) is 7.38. The number of imidazole rings is 1. The molecule has 0 amide bonds. The van der Waals surface area contributed by atoms with Crippen LogP contribution >= 0.6 is 0 Å². The molecule has 0 spiro atoms. The van der Waals surface area contributed by atoms with Gasteiger partial charge in [0.25, 0.3) is 0 Å². The molecule has 0 saturated heterocycles. The Morgan fingerprint density at radius 1 is 1.40 bits per heavy atom. The van der Waals surface area contributed by atoms with Crippen molar-refractivity contribution >= 4 is 5.95 Å². The first-order valence-electron chi connectivity index (χ1n) is 7.38. The van der Waals surface area contributed by atoms with Crippen LogP contribution in [-0.2, 0) is 11.3 Å². The molecule has 0 saturated carbocycles. The molecule has 5 nitrogen and oxygen atoms in total. The van der Waals surface area contributed by atoms with E-state index in [1.807, 2.05) is 6.92 Å². The number of anilines is 1. The van der Waals surface area contributed by atoms with Crippen molar-refractivity contribution in [1.29, 1.82) is 0 Å². The number of likely N-dealkylation sites (N-methyl/N-ethyl adjacent to an activating group) is 1. The lowest BCUT2D eigenvalue weighted by Crippen LogP contribution is -2.37. The van der Waals surface area contributed by atoms with Gasteiger partial charge in [-0.2, -0.15) is 0 Å². The zero-order chi connectivity index (χ0) is 15.1. The molecular formula is C15H30N4O. The van der Waals surface area contributed by atoms with Crippen molar-refractivity contribution in [2.45, 2.75) is 39.8 Å². The van der Waals surface area contributed by atoms with E-state index in [0.717, 1.165) is 37.8 Å². The summed E-state index contributed by atoms with van der Waals surface area (Å²) in [6.07, 6.45) is 3.10. The molecular weight excluding hydrogens is 252 g/mol. The molecule has 0 aliphatic rings. The maximum Gasteiger partial charge on any atom is 0.203 e. The van der Waals surface area contributed by atoms with Crippen molar-refractivity contribution in [2.24, 2.45) is 5.92 Å². The van der Waals surface area contributed by atoms with E-state index in [1.165, 1.54) is 0 Å². The fourth-order valence-corrected chi connectivity index (χ4v) is 2.19. The Kier molecular flexibility index (Phi) is 7.02. The van der Waals surface area contributed by atoms with Gasteiger partial charge < -0.3 is 19.5 Å². The van der Waals surface area contributed by atoms with Crippen LogP contribution in [0, 0.1) is 12.8 Å². The second-order valence-corrected chi connectivity index (χ2v) is 6.00. The summed E-state index contributed by atoms with van der Waals surface area (Å²) < 4.78 is 7.32. The van der Waals surface area contributed by atoms with Gasteiger partial charge in [-0.1, -0.05) is 13.8 Å². The fourth-order valence-electron chi connectivity index (χ4n) is 2.19. The topological polar surface area (TPSA) is 42.3 Å². The van der Waals surface area contributed by atoms with Crippen LogP contribution in [0.15, 0.2) is 6.20 Å². The van der Waals surface area contributed by atoms with Crippen LogP contribution in [0.25, 0.3) is 0 Å². The Morgan fingerprint density at radius 3 is 2.65 bits per heavy atom. The third kappa shape index (κ3) is 5.51. The lowest BCUT2D eigenvalue weighted by atomic mass is 10.0. The third-order valence-corrected chi connectivity index (χ3v) is 3.33. The maximum atomic E-state index is 5.12. The number of hydrogen-bond acceptors (Lipinski definition) is 4. The highest BCUT2D eigenvalue weighted by atomic mass is 16.5. The molecule has 5 heteroatoms. The van der Waals surface area contributed by atoms with Gasteiger partial charge in [0.15, 0.2) is 0 Å². The van der Waals surface area contributed by atoms with Crippen molar-refractivity contribution in [3.05, 3.63) is 11.9 Å². The number of rotatable bonds is 9. The first kappa shape index (κ1) is 17.0. The van der Waals surface area contributed by atoms with Crippen LogP contribution in [0.1, 0.15) is 26.0 Å². The van der Waals surface area contributed by atoms with Crippen molar-refractivity contribution in [3.63, 3.8) is 0 Å². The predicted octanol–water partition coefficient (Wildman–Crippen LogP) is 2.23. The van der Waals surface area contributed by atoms with Crippen molar-refractivity contribution in [2.75, 3.05) is 39.7 Å². The molecule has 1 atom stereocenters. The molecule has 0 aliphatic heterocycles. The molecule has 0 bridgehead atoms. The van der Waals surface area contributed by atoms with Crippen LogP contribution in [-0.4, -0.2) is 54.8 Å².